The smallest absolute Gasteiger partial charge is 0.121 e. The minimum atomic E-state index is -0.477. The van der Waals surface area contributed by atoms with E-state index in [1.807, 2.05) is 6.07 Å². The van der Waals surface area contributed by atoms with Crippen molar-refractivity contribution in [3.8, 4) is 5.75 Å². The van der Waals surface area contributed by atoms with Crippen LogP contribution in [0.4, 0.5) is 4.39 Å². The summed E-state index contributed by atoms with van der Waals surface area (Å²) in [6.07, 6.45) is 0. The first-order valence-electron chi connectivity index (χ1n) is 5.71. The van der Waals surface area contributed by atoms with E-state index in [-0.39, 0.29) is 11.8 Å². The predicted octanol–water partition coefficient (Wildman–Crippen LogP) is 2.07. The van der Waals surface area contributed by atoms with Crippen molar-refractivity contribution in [2.45, 2.75) is 6.04 Å². The summed E-state index contributed by atoms with van der Waals surface area (Å²) < 4.78 is 14.0. The van der Waals surface area contributed by atoms with E-state index in [4.69, 9.17) is 0 Å². The number of benzene rings is 1. The van der Waals surface area contributed by atoms with Gasteiger partial charge in [-0.2, -0.15) is 0 Å². The fraction of sp³-hybridized carbons (Fsp3) is 0.500. The fourth-order valence-corrected chi connectivity index (χ4v) is 2.52. The summed E-state index contributed by atoms with van der Waals surface area (Å²) in [6.45, 7) is 2.88. The van der Waals surface area contributed by atoms with Gasteiger partial charge in [0.2, 0.25) is 0 Å². The van der Waals surface area contributed by atoms with Gasteiger partial charge in [-0.05, 0) is 12.1 Å². The van der Waals surface area contributed by atoms with Gasteiger partial charge in [0.25, 0.3) is 0 Å². The predicted molar refractivity (Wildman–Crippen MR) is 69.0 cm³/mol. The van der Waals surface area contributed by atoms with Gasteiger partial charge in [-0.25, -0.2) is 4.39 Å². The summed E-state index contributed by atoms with van der Waals surface area (Å²) in [5, 5.41) is 13.1. The van der Waals surface area contributed by atoms with Crippen LogP contribution in [0.5, 0.6) is 5.75 Å². The molecule has 3 nitrogen and oxygen atoms in total. The molecule has 0 radical (unpaired) electrons. The minimum Gasteiger partial charge on any atom is -0.508 e. The highest BCUT2D eigenvalue weighted by molar-refractivity contribution is 9.10. The maximum atomic E-state index is 13.2. The van der Waals surface area contributed by atoms with Crippen LogP contribution >= 0.6 is 15.9 Å². The molecule has 17 heavy (non-hydrogen) atoms. The third-order valence-electron chi connectivity index (χ3n) is 3.09. The second-order valence-electron chi connectivity index (χ2n) is 4.16. The largest absolute Gasteiger partial charge is 0.508 e. The molecule has 0 spiro atoms. The number of nitrogens with one attached hydrogen (secondary N) is 1. The molecule has 1 atom stereocenters. The number of halogens is 2. The van der Waals surface area contributed by atoms with Gasteiger partial charge in [0, 0.05) is 36.2 Å². The highest BCUT2D eigenvalue weighted by Gasteiger charge is 2.24. The lowest BCUT2D eigenvalue weighted by atomic mass is 10.0. The Kier molecular flexibility index (Phi) is 4.36. The van der Waals surface area contributed by atoms with Crippen LogP contribution < -0.4 is 5.32 Å². The summed E-state index contributed by atoms with van der Waals surface area (Å²) in [5.74, 6) is 0.153. The molecular weight excluding hydrogens is 287 g/mol. The Bertz CT molecular complexity index is 383. The standard InChI is InChI=1S/C12H16BrFN2O/c13-9-1-2-10(12(17)7-9)11(8-14)16-5-3-15-4-6-16/h1-2,7,11,15,17H,3-6,8H2/t11-/m1/s1. The van der Waals surface area contributed by atoms with Gasteiger partial charge in [-0.3, -0.25) is 4.90 Å². The van der Waals surface area contributed by atoms with Crippen molar-refractivity contribution in [1.29, 1.82) is 0 Å². The van der Waals surface area contributed by atoms with Crippen LogP contribution in [-0.4, -0.2) is 42.9 Å². The molecule has 0 saturated carbocycles. The first-order valence-corrected chi connectivity index (χ1v) is 6.51. The lowest BCUT2D eigenvalue weighted by molar-refractivity contribution is 0.145. The molecule has 1 aromatic rings. The van der Waals surface area contributed by atoms with E-state index >= 15 is 0 Å². The number of aromatic hydroxyl groups is 1. The molecule has 5 heteroatoms. The normalized spacial score (nSPS) is 19.2. The average Bonchev–Trinajstić information content (AvgIpc) is 2.34. The number of piperazine rings is 1. The number of hydrogen-bond acceptors (Lipinski definition) is 3. The van der Waals surface area contributed by atoms with Crippen molar-refractivity contribution in [2.24, 2.45) is 0 Å². The lowest BCUT2D eigenvalue weighted by Gasteiger charge is -2.33. The Balaban J connectivity index is 2.21. The second kappa shape index (κ2) is 5.80. The Hall–Kier alpha value is -0.650. The zero-order chi connectivity index (χ0) is 12.3. The van der Waals surface area contributed by atoms with Crippen LogP contribution in [0.15, 0.2) is 22.7 Å². The zero-order valence-corrected chi connectivity index (χ0v) is 11.1. The molecule has 1 saturated heterocycles. The maximum Gasteiger partial charge on any atom is 0.121 e. The summed E-state index contributed by atoms with van der Waals surface area (Å²) in [6, 6.07) is 4.89. The third-order valence-corrected chi connectivity index (χ3v) is 3.58. The number of alkyl halides is 1. The summed E-state index contributed by atoms with van der Waals surface area (Å²) in [7, 11) is 0. The number of nitrogens with zero attached hydrogens (tertiary/aromatic N) is 1. The van der Waals surface area contributed by atoms with Crippen molar-refractivity contribution in [1.82, 2.24) is 10.2 Å². The summed E-state index contributed by atoms with van der Waals surface area (Å²) in [5.41, 5.74) is 0.664. The van der Waals surface area contributed by atoms with E-state index in [0.717, 1.165) is 30.7 Å². The van der Waals surface area contributed by atoms with Crippen LogP contribution in [0, 0.1) is 0 Å². The molecule has 2 rings (SSSR count). The molecule has 1 fully saturated rings. The fourth-order valence-electron chi connectivity index (χ4n) is 2.17. The molecule has 1 heterocycles. The molecule has 0 bridgehead atoms. The number of phenolic OH excluding ortho intramolecular Hbond substituents is 1. The van der Waals surface area contributed by atoms with Crippen LogP contribution in [-0.2, 0) is 0 Å². The van der Waals surface area contributed by atoms with Gasteiger partial charge in [0.05, 0.1) is 6.04 Å². The van der Waals surface area contributed by atoms with Crippen LogP contribution in [0.25, 0.3) is 0 Å². The maximum absolute atomic E-state index is 13.2. The third kappa shape index (κ3) is 2.97. The van der Waals surface area contributed by atoms with Gasteiger partial charge in [0.1, 0.15) is 12.4 Å². The Labute approximate surface area is 109 Å². The van der Waals surface area contributed by atoms with Crippen molar-refractivity contribution in [3.05, 3.63) is 28.2 Å². The molecule has 0 amide bonds. The SMILES string of the molecule is Oc1cc(Br)ccc1[C@@H](CF)N1CCNCC1. The van der Waals surface area contributed by atoms with Gasteiger partial charge in [-0.15, -0.1) is 0 Å². The van der Waals surface area contributed by atoms with Crippen molar-refractivity contribution >= 4 is 15.9 Å². The Morgan fingerprint density at radius 2 is 2.12 bits per heavy atom. The van der Waals surface area contributed by atoms with Crippen LogP contribution in [0.2, 0.25) is 0 Å². The molecule has 1 aliphatic heterocycles. The van der Waals surface area contributed by atoms with Crippen molar-refractivity contribution < 1.29 is 9.50 Å². The number of hydrogen-bond donors (Lipinski definition) is 2. The van der Waals surface area contributed by atoms with E-state index in [1.165, 1.54) is 0 Å². The average molecular weight is 303 g/mol. The van der Waals surface area contributed by atoms with Crippen molar-refractivity contribution in [2.75, 3.05) is 32.9 Å². The topological polar surface area (TPSA) is 35.5 Å². The van der Waals surface area contributed by atoms with E-state index in [2.05, 4.69) is 26.1 Å². The molecule has 0 aromatic heterocycles. The Morgan fingerprint density at radius 3 is 2.71 bits per heavy atom. The van der Waals surface area contributed by atoms with E-state index < -0.39 is 6.67 Å². The molecule has 0 aliphatic carbocycles. The second-order valence-corrected chi connectivity index (χ2v) is 5.07. The summed E-state index contributed by atoms with van der Waals surface area (Å²) in [4.78, 5) is 2.07. The molecule has 0 unspecified atom stereocenters. The highest BCUT2D eigenvalue weighted by Crippen LogP contribution is 2.31. The molecule has 2 N–H and O–H groups in total. The molecular formula is C12H16BrFN2O. The lowest BCUT2D eigenvalue weighted by Crippen LogP contribution is -2.45. The van der Waals surface area contributed by atoms with Crippen LogP contribution in [0.1, 0.15) is 11.6 Å². The van der Waals surface area contributed by atoms with Gasteiger partial charge < -0.3 is 10.4 Å². The van der Waals surface area contributed by atoms with E-state index in [1.54, 1.807) is 12.1 Å². The van der Waals surface area contributed by atoms with Gasteiger partial charge in [-0.1, -0.05) is 22.0 Å². The van der Waals surface area contributed by atoms with Crippen LogP contribution in [0.3, 0.4) is 0 Å². The molecule has 1 aliphatic rings. The summed E-state index contributed by atoms with van der Waals surface area (Å²) >= 11 is 3.29. The Morgan fingerprint density at radius 1 is 1.41 bits per heavy atom. The first-order chi connectivity index (χ1) is 8.22. The molecule has 94 valence electrons. The monoisotopic (exact) mass is 302 g/mol. The van der Waals surface area contributed by atoms with Crippen molar-refractivity contribution in [3.63, 3.8) is 0 Å². The zero-order valence-electron chi connectivity index (χ0n) is 9.50. The highest BCUT2D eigenvalue weighted by atomic mass is 79.9. The van der Waals surface area contributed by atoms with Gasteiger partial charge >= 0.3 is 0 Å². The van der Waals surface area contributed by atoms with E-state index in [9.17, 15) is 9.50 Å². The number of rotatable bonds is 3. The molecule has 1 aromatic carbocycles. The minimum absolute atomic E-state index is 0.153. The quantitative estimate of drug-likeness (QED) is 0.897. The number of phenols is 1. The van der Waals surface area contributed by atoms with E-state index in [0.29, 0.717) is 5.56 Å². The van der Waals surface area contributed by atoms with Gasteiger partial charge in [0.15, 0.2) is 0 Å². The first kappa shape index (κ1) is 12.8.